The Hall–Kier alpha value is -3.74. The van der Waals surface area contributed by atoms with Gasteiger partial charge in [0.25, 0.3) is 0 Å². The van der Waals surface area contributed by atoms with Gasteiger partial charge in [-0.15, -0.1) is 0 Å². The van der Waals surface area contributed by atoms with E-state index in [9.17, 15) is 0 Å². The van der Waals surface area contributed by atoms with Crippen molar-refractivity contribution in [3.63, 3.8) is 0 Å². The summed E-state index contributed by atoms with van der Waals surface area (Å²) in [6.45, 7) is 4.38. The van der Waals surface area contributed by atoms with Crippen molar-refractivity contribution in [2.24, 2.45) is 32.9 Å². The van der Waals surface area contributed by atoms with Crippen LogP contribution in [0.15, 0.2) is 70.2 Å². The van der Waals surface area contributed by atoms with Gasteiger partial charge in [-0.1, -0.05) is 55.0 Å². The Balaban J connectivity index is 1.96. The second-order valence-corrected chi connectivity index (χ2v) is 8.59. The molecule has 7 heteroatoms. The third-order valence-electron chi connectivity index (χ3n) is 6.10. The summed E-state index contributed by atoms with van der Waals surface area (Å²) >= 11 is 0. The summed E-state index contributed by atoms with van der Waals surface area (Å²) in [5.41, 5.74) is 30.8. The zero-order chi connectivity index (χ0) is 24.5. The molecule has 8 N–H and O–H groups in total. The van der Waals surface area contributed by atoms with Crippen LogP contribution in [0.3, 0.4) is 0 Å². The highest BCUT2D eigenvalue weighted by Gasteiger charge is 2.17. The van der Waals surface area contributed by atoms with Crippen LogP contribution >= 0.6 is 0 Å². The molecule has 0 aliphatic carbocycles. The number of benzene rings is 2. The van der Waals surface area contributed by atoms with Gasteiger partial charge in [0, 0.05) is 32.4 Å². The van der Waals surface area contributed by atoms with E-state index < -0.39 is 0 Å². The maximum absolute atomic E-state index is 5.48. The molecule has 0 atom stereocenters. The minimum Gasteiger partial charge on any atom is -0.374 e. The van der Waals surface area contributed by atoms with Gasteiger partial charge in [0.2, 0.25) is 0 Å². The quantitative estimate of drug-likeness (QED) is 0.338. The Morgan fingerprint density at radius 1 is 0.853 bits per heavy atom. The molecule has 0 spiro atoms. The molecule has 0 radical (unpaired) electrons. The molecule has 0 fully saturated rings. The van der Waals surface area contributed by atoms with E-state index in [4.69, 9.17) is 22.9 Å². The van der Waals surface area contributed by atoms with Gasteiger partial charge >= 0.3 is 0 Å². The third-order valence-corrected chi connectivity index (χ3v) is 6.10. The van der Waals surface area contributed by atoms with Gasteiger partial charge in [-0.2, -0.15) is 0 Å². The van der Waals surface area contributed by atoms with Crippen molar-refractivity contribution in [3.05, 3.63) is 82.4 Å². The van der Waals surface area contributed by atoms with E-state index in [0.717, 1.165) is 32.2 Å². The lowest BCUT2D eigenvalue weighted by Crippen LogP contribution is -2.23. The van der Waals surface area contributed by atoms with Crippen LogP contribution in [0.2, 0.25) is 0 Å². The number of nitrogens with two attached hydrogens (primary N) is 4. The van der Waals surface area contributed by atoms with E-state index in [0.29, 0.717) is 13.1 Å². The second kappa shape index (κ2) is 11.9. The zero-order valence-corrected chi connectivity index (χ0v) is 20.3. The minimum absolute atomic E-state index is 0.129. The Morgan fingerprint density at radius 3 is 1.97 bits per heavy atom. The van der Waals surface area contributed by atoms with E-state index in [1.54, 1.807) is 0 Å². The van der Waals surface area contributed by atoms with Crippen molar-refractivity contribution in [1.82, 2.24) is 4.90 Å². The Bertz CT molecular complexity index is 1100. The molecule has 2 aromatic rings. The first-order valence-electron chi connectivity index (χ1n) is 11.8. The molecule has 1 aliphatic rings. The predicted octanol–water partition coefficient (Wildman–Crippen LogP) is 2.86. The van der Waals surface area contributed by atoms with Crippen molar-refractivity contribution in [2.45, 2.75) is 32.6 Å². The fourth-order valence-corrected chi connectivity index (χ4v) is 4.27. The Labute approximate surface area is 202 Å². The van der Waals surface area contributed by atoms with Gasteiger partial charge in [0.15, 0.2) is 11.9 Å². The van der Waals surface area contributed by atoms with E-state index >= 15 is 0 Å². The van der Waals surface area contributed by atoms with Gasteiger partial charge in [-0.25, -0.2) is 0 Å². The molecule has 3 rings (SSSR count). The molecule has 0 aromatic heterocycles. The molecule has 0 amide bonds. The van der Waals surface area contributed by atoms with Gasteiger partial charge in [-0.3, -0.25) is 9.98 Å². The van der Waals surface area contributed by atoms with Crippen molar-refractivity contribution in [2.75, 3.05) is 26.7 Å². The molecule has 1 aliphatic heterocycles. The summed E-state index contributed by atoms with van der Waals surface area (Å²) in [6.07, 6.45) is 5.99. The lowest BCUT2D eigenvalue weighted by atomic mass is 9.93. The molecule has 180 valence electrons. The average Bonchev–Trinajstić information content (AvgIpc) is 2.97. The number of hydrogen-bond donors (Lipinski definition) is 4. The van der Waals surface area contributed by atoms with E-state index in [-0.39, 0.29) is 11.9 Å². The van der Waals surface area contributed by atoms with Crippen molar-refractivity contribution < 1.29 is 0 Å². The lowest BCUT2D eigenvalue weighted by Gasteiger charge is -2.22. The number of aliphatic imine (C=N–C) groups is 2. The van der Waals surface area contributed by atoms with E-state index in [1.807, 2.05) is 0 Å². The molecule has 1 heterocycles. The molecule has 34 heavy (non-hydrogen) atoms. The minimum atomic E-state index is 0.129. The average molecular weight is 460 g/mol. The van der Waals surface area contributed by atoms with Crippen LogP contribution in [0.4, 0.5) is 0 Å². The second-order valence-electron chi connectivity index (χ2n) is 8.59. The summed E-state index contributed by atoms with van der Waals surface area (Å²) in [5, 5.41) is 0. The number of rotatable bonds is 9. The fourth-order valence-electron chi connectivity index (χ4n) is 4.27. The first-order valence-corrected chi connectivity index (χ1v) is 11.8. The van der Waals surface area contributed by atoms with Crippen LogP contribution in [0, 0.1) is 0 Å². The summed E-state index contributed by atoms with van der Waals surface area (Å²) in [7, 11) is 2.17. The molecule has 0 saturated heterocycles. The van der Waals surface area contributed by atoms with Crippen LogP contribution in [-0.2, 0) is 12.8 Å². The van der Waals surface area contributed by atoms with Crippen LogP contribution in [0.25, 0.3) is 11.3 Å². The Morgan fingerprint density at radius 2 is 1.41 bits per heavy atom. The molecule has 2 aromatic carbocycles. The molecule has 0 saturated carbocycles. The number of hydrogen-bond acceptors (Lipinski definition) is 3. The Kier molecular flexibility index (Phi) is 8.73. The molecular weight excluding hydrogens is 422 g/mol. The normalized spacial score (nSPS) is 13.8. The maximum Gasteiger partial charge on any atom is 0.185 e. The van der Waals surface area contributed by atoms with E-state index in [1.165, 1.54) is 39.1 Å². The summed E-state index contributed by atoms with van der Waals surface area (Å²) in [5.74, 6) is 0.261. The van der Waals surface area contributed by atoms with Gasteiger partial charge in [0.05, 0.1) is 0 Å². The molecular formula is C27H37N7. The molecule has 0 bridgehead atoms. The van der Waals surface area contributed by atoms with Crippen LogP contribution in [0.5, 0.6) is 0 Å². The highest BCUT2D eigenvalue weighted by molar-refractivity contribution is 5.86. The van der Waals surface area contributed by atoms with Crippen molar-refractivity contribution in [1.29, 1.82) is 0 Å². The summed E-state index contributed by atoms with van der Waals surface area (Å²) < 4.78 is 0. The highest BCUT2D eigenvalue weighted by Crippen LogP contribution is 2.33. The maximum atomic E-state index is 5.48. The molecule has 0 unspecified atom stereocenters. The first-order chi connectivity index (χ1) is 16.4. The van der Waals surface area contributed by atoms with E-state index in [2.05, 4.69) is 83.5 Å². The van der Waals surface area contributed by atoms with Crippen LogP contribution < -0.4 is 22.9 Å². The van der Waals surface area contributed by atoms with Gasteiger partial charge in [-0.05, 0) is 65.7 Å². The first kappa shape index (κ1) is 24.9. The lowest BCUT2D eigenvalue weighted by molar-refractivity contribution is 0.484. The smallest absolute Gasteiger partial charge is 0.185 e. The molecule has 7 nitrogen and oxygen atoms in total. The third kappa shape index (κ3) is 6.88. The fraction of sp³-hybridized carbons (Fsp3) is 0.333. The highest BCUT2D eigenvalue weighted by atomic mass is 15.1. The van der Waals surface area contributed by atoms with Crippen molar-refractivity contribution >= 4 is 23.2 Å². The van der Waals surface area contributed by atoms with Gasteiger partial charge in [0.1, 0.15) is 0 Å². The number of nitrogens with zero attached hydrogens (tertiary/aromatic N) is 3. The predicted molar refractivity (Wildman–Crippen MR) is 144 cm³/mol. The zero-order valence-electron chi connectivity index (χ0n) is 20.3. The number of allylic oxidation sites excluding steroid dienone is 2. The monoisotopic (exact) mass is 459 g/mol. The SMILES string of the molecule is CCC1=C(c2cccc(CCN=C(N)N)c2)C=C(c2cccc(CCN=C(N)N)c2)N(C)CC1. The topological polar surface area (TPSA) is 132 Å². The standard InChI is InChI=1S/C27H37N7/c1-3-21-12-15-34(2)25(23-9-5-7-20(17-23)11-14-33-27(30)31)18-24(21)22-8-4-6-19(16-22)10-13-32-26(28)29/h4-9,16-18H,3,10-15H2,1-2H3,(H4,28,29,32)(H4,30,31,33). The van der Waals surface area contributed by atoms with Crippen LogP contribution in [0.1, 0.15) is 42.0 Å². The van der Waals surface area contributed by atoms with Gasteiger partial charge < -0.3 is 27.8 Å². The summed E-state index contributed by atoms with van der Waals surface area (Å²) in [6, 6.07) is 17.3. The van der Waals surface area contributed by atoms with Crippen LogP contribution in [-0.4, -0.2) is 43.5 Å². The summed E-state index contributed by atoms with van der Waals surface area (Å²) in [4.78, 5) is 10.6. The number of guanidine groups is 2. The van der Waals surface area contributed by atoms with Crippen molar-refractivity contribution in [3.8, 4) is 0 Å². The largest absolute Gasteiger partial charge is 0.374 e.